The van der Waals surface area contributed by atoms with E-state index in [1.807, 2.05) is 0 Å². The molecule has 1 unspecified atom stereocenters. The van der Waals surface area contributed by atoms with Crippen LogP contribution in [0.1, 0.15) is 43.4 Å². The van der Waals surface area contributed by atoms with E-state index in [9.17, 15) is 5.11 Å². The number of hydrogen-bond acceptors (Lipinski definition) is 2. The Morgan fingerprint density at radius 2 is 1.67 bits per heavy atom. The highest BCUT2D eigenvalue weighted by Gasteiger charge is 2.14. The van der Waals surface area contributed by atoms with Gasteiger partial charge in [-0.1, -0.05) is 44.9 Å². The van der Waals surface area contributed by atoms with Gasteiger partial charge in [-0.15, -0.1) is 0 Å². The zero-order valence-corrected chi connectivity index (χ0v) is 12.2. The van der Waals surface area contributed by atoms with Crippen molar-refractivity contribution in [3.05, 3.63) is 34.9 Å². The molecule has 2 nitrogen and oxygen atoms in total. The molecule has 0 aliphatic carbocycles. The molecule has 0 heterocycles. The second-order valence-electron chi connectivity index (χ2n) is 5.15. The number of hydrogen-bond donors (Lipinski definition) is 2. The lowest BCUT2D eigenvalue weighted by molar-refractivity contribution is 0.101. The topological polar surface area (TPSA) is 32.3 Å². The monoisotopic (exact) mass is 249 g/mol. The molecule has 0 amide bonds. The minimum Gasteiger partial charge on any atom is -0.392 e. The average molecular weight is 249 g/mol. The minimum atomic E-state index is -0.232. The van der Waals surface area contributed by atoms with Crippen molar-refractivity contribution in [3.63, 3.8) is 0 Å². The lowest BCUT2D eigenvalue weighted by Gasteiger charge is -2.21. The third kappa shape index (κ3) is 4.11. The fraction of sp³-hybridized carbons (Fsp3) is 0.625. The van der Waals surface area contributed by atoms with E-state index >= 15 is 0 Å². The highest BCUT2D eigenvalue weighted by atomic mass is 16.3. The average Bonchev–Trinajstić information content (AvgIpc) is 2.34. The Balaban J connectivity index is 2.46. The van der Waals surface area contributed by atoms with Crippen LogP contribution < -0.4 is 5.32 Å². The van der Waals surface area contributed by atoms with E-state index in [0.717, 1.165) is 19.4 Å². The summed E-state index contributed by atoms with van der Waals surface area (Å²) in [7, 11) is 0. The maximum Gasteiger partial charge on any atom is 0.0692 e. The fourth-order valence-corrected chi connectivity index (χ4v) is 2.47. The first-order valence-electron chi connectivity index (χ1n) is 7.04. The summed E-state index contributed by atoms with van der Waals surface area (Å²) < 4.78 is 0. The maximum absolute atomic E-state index is 10.1. The lowest BCUT2D eigenvalue weighted by atomic mass is 9.96. The molecule has 0 saturated carbocycles. The molecule has 0 radical (unpaired) electrons. The van der Waals surface area contributed by atoms with Gasteiger partial charge in [0, 0.05) is 13.1 Å². The van der Waals surface area contributed by atoms with Crippen LogP contribution in [0.3, 0.4) is 0 Å². The highest BCUT2D eigenvalue weighted by molar-refractivity contribution is 5.33. The van der Waals surface area contributed by atoms with E-state index in [4.69, 9.17) is 0 Å². The van der Waals surface area contributed by atoms with Gasteiger partial charge >= 0.3 is 0 Å². The van der Waals surface area contributed by atoms with Crippen molar-refractivity contribution in [1.82, 2.24) is 5.32 Å². The summed E-state index contributed by atoms with van der Waals surface area (Å²) >= 11 is 0. The summed E-state index contributed by atoms with van der Waals surface area (Å²) in [5.74, 6) is 0.412. The fourth-order valence-electron chi connectivity index (χ4n) is 2.47. The minimum absolute atomic E-state index is 0.232. The molecule has 1 aromatic rings. The number of nitrogens with one attached hydrogen (secondary N) is 1. The molecule has 0 saturated heterocycles. The quantitative estimate of drug-likeness (QED) is 0.778. The van der Waals surface area contributed by atoms with E-state index in [-0.39, 0.29) is 6.10 Å². The van der Waals surface area contributed by atoms with Crippen LogP contribution >= 0.6 is 0 Å². The van der Waals surface area contributed by atoms with Crippen molar-refractivity contribution < 1.29 is 5.11 Å². The van der Waals surface area contributed by atoms with Crippen LogP contribution in [-0.2, 0) is 6.54 Å². The molecule has 1 rings (SSSR count). The smallest absolute Gasteiger partial charge is 0.0692 e. The van der Waals surface area contributed by atoms with Gasteiger partial charge in [0.2, 0.25) is 0 Å². The maximum atomic E-state index is 10.1. The molecule has 0 aliphatic rings. The Hall–Kier alpha value is -0.860. The highest BCUT2D eigenvalue weighted by Crippen LogP contribution is 2.14. The summed E-state index contributed by atoms with van der Waals surface area (Å²) in [6, 6.07) is 6.37. The lowest BCUT2D eigenvalue weighted by Crippen LogP contribution is -2.32. The van der Waals surface area contributed by atoms with Gasteiger partial charge in [0.15, 0.2) is 0 Å². The predicted octanol–water partition coefficient (Wildman–Crippen LogP) is 3.19. The van der Waals surface area contributed by atoms with Gasteiger partial charge in [0.05, 0.1) is 6.10 Å². The third-order valence-electron chi connectivity index (χ3n) is 3.89. The van der Waals surface area contributed by atoms with Crippen molar-refractivity contribution in [1.29, 1.82) is 0 Å². The molecule has 18 heavy (non-hydrogen) atoms. The molecule has 1 aromatic carbocycles. The molecule has 0 fully saturated rings. The predicted molar refractivity (Wildman–Crippen MR) is 77.7 cm³/mol. The Kier molecular flexibility index (Phi) is 6.37. The van der Waals surface area contributed by atoms with Crippen molar-refractivity contribution in [2.45, 2.75) is 53.2 Å². The van der Waals surface area contributed by atoms with Gasteiger partial charge in [0.25, 0.3) is 0 Å². The molecular formula is C16H27NO. The standard InChI is InChI=1S/C16H27NO/c1-5-14(6-2)16(18)11-17-10-15-12(3)8-7-9-13(15)4/h7-9,14,16-18H,5-6,10-11H2,1-4H3. The molecule has 0 aliphatic heterocycles. The van der Waals surface area contributed by atoms with Crippen LogP contribution in [-0.4, -0.2) is 17.8 Å². The second-order valence-corrected chi connectivity index (χ2v) is 5.15. The van der Waals surface area contributed by atoms with Crippen LogP contribution in [0.5, 0.6) is 0 Å². The number of aryl methyl sites for hydroxylation is 2. The first kappa shape index (κ1) is 15.2. The SMILES string of the molecule is CCC(CC)C(O)CNCc1c(C)cccc1C. The van der Waals surface area contributed by atoms with Gasteiger partial charge in [-0.05, 0) is 36.5 Å². The van der Waals surface area contributed by atoms with Gasteiger partial charge in [-0.3, -0.25) is 0 Å². The number of aliphatic hydroxyl groups excluding tert-OH is 1. The van der Waals surface area contributed by atoms with Gasteiger partial charge < -0.3 is 10.4 Å². The molecule has 0 aromatic heterocycles. The molecule has 0 bridgehead atoms. The summed E-state index contributed by atoms with van der Waals surface area (Å²) in [4.78, 5) is 0. The Bertz CT molecular complexity index is 338. The van der Waals surface area contributed by atoms with Crippen LogP contribution in [0.4, 0.5) is 0 Å². The Morgan fingerprint density at radius 3 is 2.17 bits per heavy atom. The number of benzene rings is 1. The third-order valence-corrected chi connectivity index (χ3v) is 3.89. The van der Waals surface area contributed by atoms with Crippen molar-refractivity contribution in [3.8, 4) is 0 Å². The molecule has 0 spiro atoms. The van der Waals surface area contributed by atoms with E-state index in [1.165, 1.54) is 16.7 Å². The van der Waals surface area contributed by atoms with Gasteiger partial charge in [-0.25, -0.2) is 0 Å². The van der Waals surface area contributed by atoms with Crippen LogP contribution in [0.2, 0.25) is 0 Å². The van der Waals surface area contributed by atoms with Gasteiger partial charge in [0.1, 0.15) is 0 Å². The first-order chi connectivity index (χ1) is 8.60. The van der Waals surface area contributed by atoms with Crippen molar-refractivity contribution in [2.75, 3.05) is 6.54 Å². The molecular weight excluding hydrogens is 222 g/mol. The largest absolute Gasteiger partial charge is 0.392 e. The van der Waals surface area contributed by atoms with Crippen LogP contribution in [0.25, 0.3) is 0 Å². The second kappa shape index (κ2) is 7.55. The van der Waals surface area contributed by atoms with Crippen molar-refractivity contribution in [2.24, 2.45) is 5.92 Å². The van der Waals surface area contributed by atoms with E-state index in [2.05, 4.69) is 51.2 Å². The number of rotatable bonds is 7. The Labute approximate surface area is 111 Å². The molecule has 2 heteroatoms. The van der Waals surface area contributed by atoms with E-state index < -0.39 is 0 Å². The molecule has 1 atom stereocenters. The van der Waals surface area contributed by atoms with Crippen LogP contribution in [0, 0.1) is 19.8 Å². The Morgan fingerprint density at radius 1 is 1.11 bits per heavy atom. The molecule has 2 N–H and O–H groups in total. The van der Waals surface area contributed by atoms with Crippen molar-refractivity contribution >= 4 is 0 Å². The molecule has 102 valence electrons. The summed E-state index contributed by atoms with van der Waals surface area (Å²) in [6.45, 7) is 10.1. The summed E-state index contributed by atoms with van der Waals surface area (Å²) in [6.07, 6.45) is 1.86. The first-order valence-corrected chi connectivity index (χ1v) is 7.04. The van der Waals surface area contributed by atoms with Crippen LogP contribution in [0.15, 0.2) is 18.2 Å². The zero-order valence-electron chi connectivity index (χ0n) is 12.2. The number of aliphatic hydroxyl groups is 1. The summed E-state index contributed by atoms with van der Waals surface area (Å²) in [5, 5.41) is 13.4. The summed E-state index contributed by atoms with van der Waals surface area (Å²) in [5.41, 5.74) is 3.99. The zero-order chi connectivity index (χ0) is 13.5. The van der Waals surface area contributed by atoms with E-state index in [0.29, 0.717) is 12.5 Å². The van der Waals surface area contributed by atoms with E-state index in [1.54, 1.807) is 0 Å². The normalized spacial score (nSPS) is 13.0. The van der Waals surface area contributed by atoms with Gasteiger partial charge in [-0.2, -0.15) is 0 Å².